The molecule has 160 valence electrons. The third-order valence-electron chi connectivity index (χ3n) is 6.41. The average molecular weight is 403 g/mol. The molecule has 1 aliphatic carbocycles. The summed E-state index contributed by atoms with van der Waals surface area (Å²) in [5.74, 6) is 1.28. The number of nitrogens with zero attached hydrogens (tertiary/aromatic N) is 2. The minimum atomic E-state index is 0.345. The van der Waals surface area contributed by atoms with Crippen molar-refractivity contribution in [1.29, 1.82) is 0 Å². The van der Waals surface area contributed by atoms with Gasteiger partial charge in [0.25, 0.3) is 0 Å². The smallest absolute Gasteiger partial charge is 0.0698 e. The number of para-hydroxylation sites is 2. The van der Waals surface area contributed by atoms with Crippen LogP contribution in [0.5, 0.6) is 0 Å². The zero-order chi connectivity index (χ0) is 21.8. The van der Waals surface area contributed by atoms with E-state index in [2.05, 4.69) is 84.9 Å². The molecule has 1 atom stereocenters. The molecule has 0 spiro atoms. The molecule has 2 nitrogen and oxygen atoms in total. The molecular formula is C28H38N2. The van der Waals surface area contributed by atoms with Crippen molar-refractivity contribution in [3.8, 4) is 0 Å². The highest BCUT2D eigenvalue weighted by atomic mass is 14.8. The van der Waals surface area contributed by atoms with Crippen LogP contribution in [0.1, 0.15) is 94.4 Å². The Hall–Kier alpha value is -2.22. The molecule has 2 aromatic carbocycles. The fourth-order valence-corrected chi connectivity index (χ4v) is 4.60. The summed E-state index contributed by atoms with van der Waals surface area (Å²) in [6, 6.07) is 13.1. The molecule has 0 aromatic heterocycles. The number of rotatable bonds is 5. The van der Waals surface area contributed by atoms with E-state index in [1.165, 1.54) is 52.2 Å². The molecule has 0 aliphatic heterocycles. The van der Waals surface area contributed by atoms with Crippen LogP contribution in [0, 0.1) is 19.8 Å². The average Bonchev–Trinajstić information content (AvgIpc) is 2.71. The summed E-state index contributed by atoms with van der Waals surface area (Å²) in [7, 11) is 0. The monoisotopic (exact) mass is 402 g/mol. The molecular weight excluding hydrogens is 364 g/mol. The van der Waals surface area contributed by atoms with Crippen molar-refractivity contribution in [2.75, 3.05) is 0 Å². The molecule has 0 amide bonds. The molecule has 1 unspecified atom stereocenters. The SMILES string of the molecule is CC(=Nc1c(C)cccc1C)C1CCCCC1=Nc1c(C(C)C)cccc1C(C)C. The summed E-state index contributed by atoms with van der Waals surface area (Å²) in [4.78, 5) is 10.5. The second-order valence-corrected chi connectivity index (χ2v) is 9.49. The number of hydrogen-bond donors (Lipinski definition) is 0. The van der Waals surface area contributed by atoms with Crippen LogP contribution in [-0.2, 0) is 0 Å². The van der Waals surface area contributed by atoms with Gasteiger partial charge in [-0.15, -0.1) is 0 Å². The predicted octanol–water partition coefficient (Wildman–Crippen LogP) is 8.61. The number of benzene rings is 2. The Kier molecular flexibility index (Phi) is 7.28. The molecule has 0 saturated heterocycles. The number of hydrogen-bond acceptors (Lipinski definition) is 2. The van der Waals surface area contributed by atoms with Crippen LogP contribution in [0.15, 0.2) is 46.4 Å². The minimum absolute atomic E-state index is 0.345. The van der Waals surface area contributed by atoms with Crippen molar-refractivity contribution in [3.63, 3.8) is 0 Å². The lowest BCUT2D eigenvalue weighted by atomic mass is 9.83. The molecule has 0 N–H and O–H groups in total. The Bertz CT molecular complexity index is 901. The lowest BCUT2D eigenvalue weighted by molar-refractivity contribution is 0.611. The van der Waals surface area contributed by atoms with Crippen LogP contribution in [-0.4, -0.2) is 11.4 Å². The standard InChI is InChI=1S/C28H38N2/c1-18(2)23-15-11-16-24(19(3)4)28(23)30-26-17-9-8-14-25(26)22(7)29-27-20(5)12-10-13-21(27)6/h10-13,15-16,18-19,25H,8-9,14,17H2,1-7H3. The third-order valence-corrected chi connectivity index (χ3v) is 6.41. The van der Waals surface area contributed by atoms with Gasteiger partial charge in [0.05, 0.1) is 11.4 Å². The summed E-state index contributed by atoms with van der Waals surface area (Å²) in [6.45, 7) is 15.6. The van der Waals surface area contributed by atoms with E-state index in [1.54, 1.807) is 0 Å². The van der Waals surface area contributed by atoms with Crippen LogP contribution in [0.3, 0.4) is 0 Å². The molecule has 1 fully saturated rings. The molecule has 1 saturated carbocycles. The second-order valence-electron chi connectivity index (χ2n) is 9.49. The van der Waals surface area contributed by atoms with Gasteiger partial charge in [-0.25, -0.2) is 0 Å². The molecule has 0 heterocycles. The first-order chi connectivity index (χ1) is 14.3. The van der Waals surface area contributed by atoms with Crippen molar-refractivity contribution in [3.05, 3.63) is 58.7 Å². The first-order valence-electron chi connectivity index (χ1n) is 11.6. The third kappa shape index (κ3) is 4.91. The molecule has 3 rings (SSSR count). The van der Waals surface area contributed by atoms with E-state index in [1.807, 2.05) is 0 Å². The second kappa shape index (κ2) is 9.73. The Labute approximate surface area is 183 Å². The van der Waals surface area contributed by atoms with Gasteiger partial charge in [0.1, 0.15) is 0 Å². The molecule has 0 radical (unpaired) electrons. The quantitative estimate of drug-likeness (QED) is 0.447. The van der Waals surface area contributed by atoms with E-state index < -0.39 is 0 Å². The van der Waals surface area contributed by atoms with Gasteiger partial charge in [0, 0.05) is 17.3 Å². The summed E-state index contributed by atoms with van der Waals surface area (Å²) >= 11 is 0. The highest BCUT2D eigenvalue weighted by Crippen LogP contribution is 2.37. The molecule has 2 aromatic rings. The van der Waals surface area contributed by atoms with Crippen molar-refractivity contribution in [2.45, 2.75) is 86.0 Å². The van der Waals surface area contributed by atoms with Crippen LogP contribution >= 0.6 is 0 Å². The maximum Gasteiger partial charge on any atom is 0.0698 e. The van der Waals surface area contributed by atoms with Crippen molar-refractivity contribution in [2.24, 2.45) is 15.9 Å². The maximum absolute atomic E-state index is 5.39. The van der Waals surface area contributed by atoms with Gasteiger partial charge in [-0.2, -0.15) is 0 Å². The van der Waals surface area contributed by atoms with E-state index in [0.29, 0.717) is 17.8 Å². The predicted molar refractivity (Wildman–Crippen MR) is 132 cm³/mol. The minimum Gasteiger partial charge on any atom is -0.257 e. The van der Waals surface area contributed by atoms with Crippen molar-refractivity contribution in [1.82, 2.24) is 0 Å². The maximum atomic E-state index is 5.39. The van der Waals surface area contributed by atoms with E-state index in [4.69, 9.17) is 9.98 Å². The van der Waals surface area contributed by atoms with Gasteiger partial charge < -0.3 is 0 Å². The molecule has 2 heteroatoms. The normalized spacial score (nSPS) is 19.2. The fraction of sp³-hybridized carbons (Fsp3) is 0.500. The van der Waals surface area contributed by atoms with Crippen molar-refractivity contribution >= 4 is 22.8 Å². The summed E-state index contributed by atoms with van der Waals surface area (Å²) in [5.41, 5.74) is 10.1. The lowest BCUT2D eigenvalue weighted by Gasteiger charge is -2.26. The summed E-state index contributed by atoms with van der Waals surface area (Å²) in [5, 5.41) is 0. The Morgan fingerprint density at radius 3 is 1.97 bits per heavy atom. The zero-order valence-electron chi connectivity index (χ0n) is 19.9. The number of aliphatic imine (C=N–C) groups is 2. The molecule has 0 bridgehead atoms. The first-order valence-corrected chi connectivity index (χ1v) is 11.6. The number of aryl methyl sites for hydroxylation is 2. The van der Waals surface area contributed by atoms with Crippen LogP contribution in [0.25, 0.3) is 0 Å². The van der Waals surface area contributed by atoms with Gasteiger partial charge in [-0.05, 0) is 74.1 Å². The van der Waals surface area contributed by atoms with Crippen LogP contribution in [0.2, 0.25) is 0 Å². The highest BCUT2D eigenvalue weighted by molar-refractivity contribution is 6.08. The fourth-order valence-electron chi connectivity index (χ4n) is 4.60. The lowest BCUT2D eigenvalue weighted by Crippen LogP contribution is -2.26. The topological polar surface area (TPSA) is 24.7 Å². The van der Waals surface area contributed by atoms with Gasteiger partial charge in [-0.1, -0.05) is 70.5 Å². The van der Waals surface area contributed by atoms with E-state index in [9.17, 15) is 0 Å². The van der Waals surface area contributed by atoms with Crippen LogP contribution < -0.4 is 0 Å². The summed E-state index contributed by atoms with van der Waals surface area (Å²) in [6.07, 6.45) is 4.72. The van der Waals surface area contributed by atoms with Crippen molar-refractivity contribution < 1.29 is 0 Å². The van der Waals surface area contributed by atoms with Crippen LogP contribution in [0.4, 0.5) is 11.4 Å². The van der Waals surface area contributed by atoms with Gasteiger partial charge >= 0.3 is 0 Å². The van der Waals surface area contributed by atoms with Gasteiger partial charge in [0.15, 0.2) is 0 Å². The first kappa shape index (κ1) is 22.5. The van der Waals surface area contributed by atoms with E-state index >= 15 is 0 Å². The summed E-state index contributed by atoms with van der Waals surface area (Å²) < 4.78 is 0. The zero-order valence-corrected chi connectivity index (χ0v) is 19.9. The largest absolute Gasteiger partial charge is 0.257 e. The highest BCUT2D eigenvalue weighted by Gasteiger charge is 2.25. The van der Waals surface area contributed by atoms with Gasteiger partial charge in [-0.3, -0.25) is 9.98 Å². The Morgan fingerprint density at radius 2 is 1.40 bits per heavy atom. The molecule has 30 heavy (non-hydrogen) atoms. The van der Waals surface area contributed by atoms with E-state index in [-0.39, 0.29) is 0 Å². The van der Waals surface area contributed by atoms with Gasteiger partial charge in [0.2, 0.25) is 0 Å². The Morgan fingerprint density at radius 1 is 0.833 bits per heavy atom. The van der Waals surface area contributed by atoms with E-state index in [0.717, 1.165) is 18.5 Å². The molecule has 1 aliphatic rings. The Balaban J connectivity index is 2.07.